The van der Waals surface area contributed by atoms with E-state index < -0.39 is 0 Å². The number of hydrogen-bond acceptors (Lipinski definition) is 2. The van der Waals surface area contributed by atoms with Gasteiger partial charge in [0.2, 0.25) is 0 Å². The van der Waals surface area contributed by atoms with Crippen molar-refractivity contribution in [3.63, 3.8) is 0 Å². The van der Waals surface area contributed by atoms with Crippen LogP contribution in [0.3, 0.4) is 0 Å². The Labute approximate surface area is 224 Å². The van der Waals surface area contributed by atoms with E-state index in [-0.39, 0.29) is 0 Å². The molecule has 4 aliphatic carbocycles. The molecule has 2 heterocycles. The average Bonchev–Trinajstić information content (AvgIpc) is 3.75. The third-order valence-corrected chi connectivity index (χ3v) is 10.5. The molecule has 0 aliphatic heterocycles. The molecule has 0 N–H and O–H groups in total. The van der Waals surface area contributed by atoms with Crippen LogP contribution in [-0.4, -0.2) is 9.97 Å². The fourth-order valence-electron chi connectivity index (χ4n) is 8.96. The van der Waals surface area contributed by atoms with E-state index in [0.29, 0.717) is 23.7 Å². The molecule has 2 aromatic heterocycles. The van der Waals surface area contributed by atoms with E-state index in [1.807, 2.05) is 0 Å². The van der Waals surface area contributed by atoms with E-state index in [0.717, 1.165) is 11.0 Å². The number of rotatable bonds is 2. The van der Waals surface area contributed by atoms with Crippen molar-refractivity contribution in [2.75, 3.05) is 0 Å². The number of benzene rings is 3. The first-order chi connectivity index (χ1) is 18.7. The third kappa shape index (κ3) is 2.74. The molecule has 5 aromatic rings. The summed E-state index contributed by atoms with van der Waals surface area (Å²) in [6.45, 7) is 4.59. The molecule has 2 fully saturated rings. The number of hydrogen-bond donors (Lipinski definition) is 0. The van der Waals surface area contributed by atoms with Gasteiger partial charge in [-0.1, -0.05) is 36.4 Å². The van der Waals surface area contributed by atoms with Gasteiger partial charge in [-0.15, -0.1) is 0 Å². The largest absolute Gasteiger partial charge is 0.247 e. The maximum Gasteiger partial charge on any atom is 0.0750 e. The highest BCUT2D eigenvalue weighted by atomic mass is 14.7. The molecule has 0 saturated heterocycles. The second-order valence-corrected chi connectivity index (χ2v) is 12.5. The number of nitrogens with zero attached hydrogens (tertiary/aromatic N) is 2. The summed E-state index contributed by atoms with van der Waals surface area (Å²) in [5, 5.41) is 2.77. The first-order valence-corrected chi connectivity index (χ1v) is 14.6. The summed E-state index contributed by atoms with van der Waals surface area (Å²) in [5.41, 5.74) is 16.4. The highest BCUT2D eigenvalue weighted by Gasteiger charge is 2.42. The smallest absolute Gasteiger partial charge is 0.0750 e. The number of pyridine rings is 2. The summed E-state index contributed by atoms with van der Waals surface area (Å²) in [4.78, 5) is 10.7. The molecule has 2 saturated carbocycles. The molecule has 38 heavy (non-hydrogen) atoms. The van der Waals surface area contributed by atoms with Gasteiger partial charge in [0.25, 0.3) is 0 Å². The van der Waals surface area contributed by atoms with Gasteiger partial charge in [0.05, 0.1) is 22.4 Å². The average molecular weight is 493 g/mol. The molecular weight excluding hydrogens is 460 g/mol. The molecule has 0 spiro atoms. The van der Waals surface area contributed by atoms with E-state index >= 15 is 0 Å². The monoisotopic (exact) mass is 492 g/mol. The van der Waals surface area contributed by atoms with E-state index in [9.17, 15) is 0 Å². The number of aryl methyl sites for hydroxylation is 2. The molecule has 4 unspecified atom stereocenters. The van der Waals surface area contributed by atoms with Crippen molar-refractivity contribution < 1.29 is 0 Å². The Balaban J connectivity index is 1.27. The van der Waals surface area contributed by atoms with E-state index in [2.05, 4.69) is 74.5 Å². The predicted molar refractivity (Wildman–Crippen MR) is 156 cm³/mol. The van der Waals surface area contributed by atoms with Crippen LogP contribution < -0.4 is 0 Å². The zero-order chi connectivity index (χ0) is 25.1. The summed E-state index contributed by atoms with van der Waals surface area (Å²) in [7, 11) is 0. The van der Waals surface area contributed by atoms with Crippen LogP contribution in [0.25, 0.3) is 44.3 Å². The van der Waals surface area contributed by atoms with Crippen molar-refractivity contribution in [2.24, 2.45) is 0 Å². The molecule has 3 aromatic carbocycles. The summed E-state index contributed by atoms with van der Waals surface area (Å²) in [6, 6.07) is 22.5. The molecular formula is C36H32N2. The molecule has 2 nitrogen and oxygen atoms in total. The normalized spacial score (nSPS) is 24.5. The maximum atomic E-state index is 5.35. The Morgan fingerprint density at radius 1 is 0.526 bits per heavy atom. The molecule has 4 aliphatic rings. The van der Waals surface area contributed by atoms with Gasteiger partial charge in [-0.3, -0.25) is 0 Å². The van der Waals surface area contributed by atoms with Crippen LogP contribution in [0.15, 0.2) is 60.7 Å². The Morgan fingerprint density at radius 2 is 0.921 bits per heavy atom. The van der Waals surface area contributed by atoms with Crippen LogP contribution in [-0.2, 0) is 0 Å². The van der Waals surface area contributed by atoms with Gasteiger partial charge in [0.15, 0.2) is 0 Å². The highest BCUT2D eigenvalue weighted by Crippen LogP contribution is 2.59. The minimum absolute atomic E-state index is 0.669. The van der Waals surface area contributed by atoms with Crippen LogP contribution in [0, 0.1) is 13.8 Å². The van der Waals surface area contributed by atoms with Crippen molar-refractivity contribution in [1.29, 1.82) is 0 Å². The molecule has 4 bridgehead atoms. The second kappa shape index (κ2) is 7.53. The molecule has 9 rings (SSSR count). The third-order valence-electron chi connectivity index (χ3n) is 10.5. The zero-order valence-electron chi connectivity index (χ0n) is 22.2. The molecule has 186 valence electrons. The standard InChI is InChI=1S/C36H32N2/c1-19-15-28(36-34-24-14-12-22(18-24)32(34)26-8-4-6-10-30(26)38-36)20(2)16-27(19)35-33-23-13-11-21(17-23)31(33)25-7-3-5-9-29(25)37-35/h3-10,15-16,21-24H,11-14,17-18H2,1-2H3. The summed E-state index contributed by atoms with van der Waals surface area (Å²) < 4.78 is 0. The Kier molecular flexibility index (Phi) is 4.24. The summed E-state index contributed by atoms with van der Waals surface area (Å²) in [5.74, 6) is 2.76. The number of aromatic nitrogens is 2. The van der Waals surface area contributed by atoms with Crippen molar-refractivity contribution >= 4 is 21.8 Å². The van der Waals surface area contributed by atoms with Gasteiger partial charge >= 0.3 is 0 Å². The Hall–Kier alpha value is -3.52. The lowest BCUT2D eigenvalue weighted by Gasteiger charge is -2.24. The van der Waals surface area contributed by atoms with Crippen LogP contribution in [0.1, 0.15) is 95.6 Å². The Morgan fingerprint density at radius 3 is 1.37 bits per heavy atom. The first kappa shape index (κ1) is 21.4. The quantitative estimate of drug-likeness (QED) is 0.245. The second-order valence-electron chi connectivity index (χ2n) is 12.5. The van der Waals surface area contributed by atoms with Gasteiger partial charge in [-0.2, -0.15) is 0 Å². The van der Waals surface area contributed by atoms with Crippen LogP contribution in [0.5, 0.6) is 0 Å². The van der Waals surface area contributed by atoms with Crippen molar-refractivity contribution in [3.05, 3.63) is 94.0 Å². The number of fused-ring (bicyclic) bond motifs is 14. The van der Waals surface area contributed by atoms with Crippen LogP contribution in [0.4, 0.5) is 0 Å². The zero-order valence-corrected chi connectivity index (χ0v) is 22.2. The lowest BCUT2D eigenvalue weighted by Crippen LogP contribution is -2.06. The first-order valence-electron chi connectivity index (χ1n) is 14.6. The van der Waals surface area contributed by atoms with Crippen molar-refractivity contribution in [2.45, 2.75) is 76.0 Å². The van der Waals surface area contributed by atoms with Gasteiger partial charge < -0.3 is 0 Å². The SMILES string of the molecule is Cc1cc(-c2nc3ccccc3c3c2C2CCC3C2)c(C)cc1-c1nc2ccccc2c2c1C1CCC2C1. The van der Waals surface area contributed by atoms with Gasteiger partial charge in [0, 0.05) is 21.9 Å². The van der Waals surface area contributed by atoms with E-state index in [1.165, 1.54) is 82.9 Å². The minimum atomic E-state index is 0.669. The lowest BCUT2D eigenvalue weighted by atomic mass is 9.83. The fourth-order valence-corrected chi connectivity index (χ4v) is 8.96. The van der Waals surface area contributed by atoms with E-state index in [4.69, 9.17) is 9.97 Å². The minimum Gasteiger partial charge on any atom is -0.247 e. The van der Waals surface area contributed by atoms with Gasteiger partial charge in [-0.25, -0.2) is 9.97 Å². The van der Waals surface area contributed by atoms with Gasteiger partial charge in [0.1, 0.15) is 0 Å². The van der Waals surface area contributed by atoms with Gasteiger partial charge in [-0.05, 0) is 134 Å². The van der Waals surface area contributed by atoms with Crippen LogP contribution in [0.2, 0.25) is 0 Å². The van der Waals surface area contributed by atoms with Crippen molar-refractivity contribution in [3.8, 4) is 22.5 Å². The van der Waals surface area contributed by atoms with Crippen molar-refractivity contribution in [1.82, 2.24) is 9.97 Å². The number of para-hydroxylation sites is 2. The molecule has 4 atom stereocenters. The highest BCUT2D eigenvalue weighted by molar-refractivity contribution is 5.92. The molecule has 0 amide bonds. The lowest BCUT2D eigenvalue weighted by molar-refractivity contribution is 0.720. The molecule has 0 radical (unpaired) electrons. The van der Waals surface area contributed by atoms with Crippen LogP contribution >= 0.6 is 0 Å². The Bertz CT molecular complexity index is 1690. The predicted octanol–water partition coefficient (Wildman–Crippen LogP) is 9.46. The van der Waals surface area contributed by atoms with E-state index in [1.54, 1.807) is 22.3 Å². The topological polar surface area (TPSA) is 25.8 Å². The fraction of sp³-hybridized carbons (Fsp3) is 0.333. The molecule has 2 heteroatoms. The summed E-state index contributed by atoms with van der Waals surface area (Å²) >= 11 is 0. The maximum absolute atomic E-state index is 5.35. The summed E-state index contributed by atoms with van der Waals surface area (Å²) in [6.07, 6.45) is 7.92.